The van der Waals surface area contributed by atoms with E-state index in [1.165, 1.54) is 29.7 Å². The Labute approximate surface area is 168 Å². The molecule has 4 rings (SSSR count). The smallest absolute Gasteiger partial charge is 0.241 e. The number of ether oxygens (including phenoxy) is 1. The van der Waals surface area contributed by atoms with Crippen LogP contribution >= 0.6 is 0 Å². The number of guanidine groups is 1. The highest BCUT2D eigenvalue weighted by Crippen LogP contribution is 2.31. The molecule has 6 heteroatoms. The van der Waals surface area contributed by atoms with Crippen molar-refractivity contribution < 1.29 is 4.74 Å². The van der Waals surface area contributed by atoms with Crippen LogP contribution in [0.3, 0.4) is 0 Å². The summed E-state index contributed by atoms with van der Waals surface area (Å²) in [6.07, 6.45) is 4.61. The largest absolute Gasteiger partial charge is 0.496 e. The molecule has 1 aromatic rings. The van der Waals surface area contributed by atoms with Gasteiger partial charge in [-0.3, -0.25) is 4.90 Å². The van der Waals surface area contributed by atoms with Crippen LogP contribution in [0.4, 0.5) is 0 Å². The first-order valence-electron chi connectivity index (χ1n) is 10.3. The van der Waals surface area contributed by atoms with Crippen LogP contribution in [0.25, 0.3) is 0 Å². The molecule has 1 aromatic carbocycles. The van der Waals surface area contributed by atoms with E-state index in [0.29, 0.717) is 18.5 Å². The van der Waals surface area contributed by atoms with Crippen LogP contribution in [0.5, 0.6) is 5.75 Å². The molecule has 0 saturated carbocycles. The van der Waals surface area contributed by atoms with E-state index in [-0.39, 0.29) is 0 Å². The van der Waals surface area contributed by atoms with Crippen molar-refractivity contribution in [2.45, 2.75) is 46.1 Å². The van der Waals surface area contributed by atoms with E-state index >= 15 is 0 Å². The zero-order valence-electron chi connectivity index (χ0n) is 17.4. The zero-order chi connectivity index (χ0) is 19.7. The molecule has 3 aliphatic rings. The van der Waals surface area contributed by atoms with Gasteiger partial charge < -0.3 is 4.74 Å². The number of methoxy groups -OCH3 is 1. The number of benzene rings is 1. The van der Waals surface area contributed by atoms with Crippen molar-refractivity contribution in [3.63, 3.8) is 0 Å². The molecule has 6 nitrogen and oxygen atoms in total. The van der Waals surface area contributed by atoms with Crippen LogP contribution in [0.1, 0.15) is 50.7 Å². The SMILES string of the molecule is COc1ccc(C(C)C)cc1CN1CCCC(C2=CC(C)=NC3=NCNN23)C1. The van der Waals surface area contributed by atoms with Gasteiger partial charge in [-0.15, -0.1) is 0 Å². The van der Waals surface area contributed by atoms with Gasteiger partial charge in [0, 0.05) is 36.0 Å². The molecule has 1 atom stereocenters. The van der Waals surface area contributed by atoms with Gasteiger partial charge >= 0.3 is 0 Å². The van der Waals surface area contributed by atoms with Crippen LogP contribution in [0.15, 0.2) is 40.0 Å². The summed E-state index contributed by atoms with van der Waals surface area (Å²) >= 11 is 0. The van der Waals surface area contributed by atoms with E-state index < -0.39 is 0 Å². The fourth-order valence-electron chi connectivity index (χ4n) is 4.34. The first-order valence-corrected chi connectivity index (χ1v) is 10.3. The van der Waals surface area contributed by atoms with Gasteiger partial charge in [0.15, 0.2) is 0 Å². The Bertz CT molecular complexity index is 826. The third-order valence-electron chi connectivity index (χ3n) is 5.83. The summed E-state index contributed by atoms with van der Waals surface area (Å²) in [5.74, 6) is 2.79. The summed E-state index contributed by atoms with van der Waals surface area (Å²) in [5, 5.41) is 2.08. The summed E-state index contributed by atoms with van der Waals surface area (Å²) in [5.41, 5.74) is 8.34. The number of hydrogen-bond donors (Lipinski definition) is 1. The monoisotopic (exact) mass is 381 g/mol. The van der Waals surface area contributed by atoms with Gasteiger partial charge in [0.05, 0.1) is 7.11 Å². The van der Waals surface area contributed by atoms with E-state index in [0.717, 1.165) is 37.1 Å². The molecule has 0 aliphatic carbocycles. The molecule has 3 aliphatic heterocycles. The molecule has 0 aromatic heterocycles. The third kappa shape index (κ3) is 3.84. The summed E-state index contributed by atoms with van der Waals surface area (Å²) < 4.78 is 5.65. The fourth-order valence-corrected chi connectivity index (χ4v) is 4.34. The van der Waals surface area contributed by atoms with Crippen molar-refractivity contribution in [3.05, 3.63) is 41.1 Å². The highest BCUT2D eigenvalue weighted by molar-refractivity contribution is 6.05. The van der Waals surface area contributed by atoms with Gasteiger partial charge in [-0.1, -0.05) is 26.0 Å². The van der Waals surface area contributed by atoms with Crippen molar-refractivity contribution in [3.8, 4) is 5.75 Å². The number of hydrazine groups is 1. The molecular formula is C22H31N5O. The number of nitrogens with one attached hydrogen (secondary N) is 1. The topological polar surface area (TPSA) is 52.5 Å². The third-order valence-corrected chi connectivity index (χ3v) is 5.83. The predicted molar refractivity (Wildman–Crippen MR) is 114 cm³/mol. The number of nitrogens with zero attached hydrogens (tertiary/aromatic N) is 4. The van der Waals surface area contributed by atoms with Crippen molar-refractivity contribution in [1.82, 2.24) is 15.3 Å². The van der Waals surface area contributed by atoms with Gasteiger partial charge in [0.1, 0.15) is 12.4 Å². The summed E-state index contributed by atoms with van der Waals surface area (Å²) in [6, 6.07) is 6.62. The normalized spacial score (nSPS) is 22.7. The molecular weight excluding hydrogens is 350 g/mol. The van der Waals surface area contributed by atoms with Crippen molar-refractivity contribution in [2.24, 2.45) is 15.9 Å². The number of rotatable bonds is 5. The molecule has 1 unspecified atom stereocenters. The van der Waals surface area contributed by atoms with E-state index in [9.17, 15) is 0 Å². The second-order valence-corrected chi connectivity index (χ2v) is 8.23. The van der Waals surface area contributed by atoms with Crippen LogP contribution in [0, 0.1) is 5.92 Å². The molecule has 0 radical (unpaired) electrons. The molecule has 150 valence electrons. The predicted octanol–water partition coefficient (Wildman–Crippen LogP) is 3.52. The molecule has 28 heavy (non-hydrogen) atoms. The average molecular weight is 382 g/mol. The molecule has 0 amide bonds. The van der Waals surface area contributed by atoms with Gasteiger partial charge in [-0.05, 0) is 49.9 Å². The maximum absolute atomic E-state index is 5.65. The Kier molecular flexibility index (Phi) is 5.51. The second-order valence-electron chi connectivity index (χ2n) is 8.23. The van der Waals surface area contributed by atoms with Gasteiger partial charge in [0.2, 0.25) is 5.96 Å². The Hall–Kier alpha value is -2.18. The maximum atomic E-state index is 5.65. The summed E-state index contributed by atoms with van der Waals surface area (Å²) in [7, 11) is 1.77. The summed E-state index contributed by atoms with van der Waals surface area (Å²) in [4.78, 5) is 11.6. The maximum Gasteiger partial charge on any atom is 0.241 e. The lowest BCUT2D eigenvalue weighted by Gasteiger charge is -2.37. The first kappa shape index (κ1) is 19.2. The molecule has 1 N–H and O–H groups in total. The van der Waals surface area contributed by atoms with Crippen LogP contribution in [-0.2, 0) is 6.54 Å². The minimum Gasteiger partial charge on any atom is -0.496 e. The van der Waals surface area contributed by atoms with Crippen LogP contribution in [0.2, 0.25) is 0 Å². The Balaban J connectivity index is 1.51. The molecule has 3 heterocycles. The van der Waals surface area contributed by atoms with E-state index in [4.69, 9.17) is 4.74 Å². The minimum absolute atomic E-state index is 0.481. The number of aliphatic imine (C=N–C) groups is 2. The Morgan fingerprint density at radius 2 is 2.18 bits per heavy atom. The standard InChI is InChI=1S/C22H31N5O/c1-15(2)17-7-8-21(28-4)19(11-17)13-26-9-5-6-18(12-26)20-10-16(3)25-22-23-14-24-27(20)22/h7-8,10-11,15,18,24H,5-6,9,12-14H2,1-4H3. The average Bonchev–Trinajstić information content (AvgIpc) is 3.15. The van der Waals surface area contributed by atoms with E-state index in [1.54, 1.807) is 7.11 Å². The highest BCUT2D eigenvalue weighted by Gasteiger charge is 2.32. The number of piperidine rings is 1. The minimum atomic E-state index is 0.481. The van der Waals surface area contributed by atoms with E-state index in [2.05, 4.69) is 70.4 Å². The first-order chi connectivity index (χ1) is 13.5. The van der Waals surface area contributed by atoms with Crippen molar-refractivity contribution in [1.29, 1.82) is 0 Å². The Morgan fingerprint density at radius 1 is 1.32 bits per heavy atom. The fraction of sp³-hybridized carbons (Fsp3) is 0.545. The lowest BCUT2D eigenvalue weighted by Crippen LogP contribution is -2.45. The van der Waals surface area contributed by atoms with Gasteiger partial charge in [-0.25, -0.2) is 20.4 Å². The lowest BCUT2D eigenvalue weighted by atomic mass is 9.92. The quantitative estimate of drug-likeness (QED) is 0.848. The van der Waals surface area contributed by atoms with Crippen molar-refractivity contribution in [2.75, 3.05) is 26.9 Å². The molecule has 1 fully saturated rings. The number of likely N-dealkylation sites (tertiary alicyclic amines) is 1. The van der Waals surface area contributed by atoms with Crippen LogP contribution < -0.4 is 10.2 Å². The number of allylic oxidation sites excluding steroid dienone is 1. The number of fused-ring (bicyclic) bond motifs is 1. The second kappa shape index (κ2) is 8.05. The highest BCUT2D eigenvalue weighted by atomic mass is 16.5. The zero-order valence-corrected chi connectivity index (χ0v) is 17.4. The van der Waals surface area contributed by atoms with Crippen molar-refractivity contribution >= 4 is 11.7 Å². The van der Waals surface area contributed by atoms with Gasteiger partial charge in [0.25, 0.3) is 0 Å². The summed E-state index contributed by atoms with van der Waals surface area (Å²) in [6.45, 7) is 10.2. The lowest BCUT2D eigenvalue weighted by molar-refractivity contribution is 0.165. The number of hydrogen-bond acceptors (Lipinski definition) is 6. The molecule has 0 spiro atoms. The molecule has 1 saturated heterocycles. The Morgan fingerprint density at radius 3 is 2.96 bits per heavy atom. The molecule has 0 bridgehead atoms. The van der Waals surface area contributed by atoms with Gasteiger partial charge in [-0.2, -0.15) is 0 Å². The van der Waals surface area contributed by atoms with E-state index in [1.807, 2.05) is 0 Å². The van der Waals surface area contributed by atoms with Crippen LogP contribution in [-0.4, -0.2) is 48.4 Å².